The van der Waals surface area contributed by atoms with Crippen LogP contribution in [0, 0.1) is 0 Å². The summed E-state index contributed by atoms with van der Waals surface area (Å²) in [5, 5.41) is 2.52. The number of fused-ring (bicyclic) bond motifs is 1. The summed E-state index contributed by atoms with van der Waals surface area (Å²) >= 11 is 17.5. The van der Waals surface area contributed by atoms with Crippen molar-refractivity contribution in [2.45, 2.75) is 0 Å². The lowest BCUT2D eigenvalue weighted by Crippen LogP contribution is -2.22. The number of anilines is 1. The van der Waals surface area contributed by atoms with Crippen LogP contribution in [0.5, 0.6) is 11.5 Å². The third kappa shape index (κ3) is 4.12. The lowest BCUT2D eigenvalue weighted by atomic mass is 10.2. The van der Waals surface area contributed by atoms with E-state index in [4.69, 9.17) is 49.0 Å². The Balaban J connectivity index is 1.59. The van der Waals surface area contributed by atoms with Gasteiger partial charge in [-0.15, -0.1) is 0 Å². The second kappa shape index (κ2) is 7.99. The van der Waals surface area contributed by atoms with Gasteiger partial charge in [-0.25, -0.2) is 9.78 Å². The summed E-state index contributed by atoms with van der Waals surface area (Å²) in [5.41, 5.74) is 0.245. The maximum atomic E-state index is 12.0. The number of nitrogens with one attached hydrogen (secondary N) is 1. The van der Waals surface area contributed by atoms with Crippen LogP contribution in [0.4, 0.5) is 5.69 Å². The lowest BCUT2D eigenvalue weighted by Gasteiger charge is -2.19. The smallest absolute Gasteiger partial charge is 0.359 e. The Morgan fingerprint density at radius 3 is 2.62 bits per heavy atom. The van der Waals surface area contributed by atoms with Gasteiger partial charge in [-0.2, -0.15) is 0 Å². The Hall–Kier alpha value is -2.22. The molecule has 0 atom stereocenters. The zero-order chi connectivity index (χ0) is 18.7. The highest BCUT2D eigenvalue weighted by Crippen LogP contribution is 2.33. The number of ether oxygens (including phenoxy) is 3. The summed E-state index contributed by atoms with van der Waals surface area (Å²) in [6, 6.07) is 4.94. The van der Waals surface area contributed by atoms with E-state index in [0.717, 1.165) is 0 Å². The first kappa shape index (κ1) is 18.6. The minimum absolute atomic E-state index is 0.0176. The van der Waals surface area contributed by atoms with Crippen molar-refractivity contribution in [3.05, 3.63) is 45.2 Å². The fourth-order valence-electron chi connectivity index (χ4n) is 2.10. The minimum atomic E-state index is -0.897. The summed E-state index contributed by atoms with van der Waals surface area (Å²) in [5.74, 6) is -0.323. The molecule has 136 valence electrons. The van der Waals surface area contributed by atoms with Gasteiger partial charge in [0.25, 0.3) is 5.91 Å². The average Bonchev–Trinajstić information content (AvgIpc) is 2.64. The number of aromatic nitrogens is 1. The number of esters is 1. The van der Waals surface area contributed by atoms with Crippen molar-refractivity contribution in [2.24, 2.45) is 0 Å². The molecule has 1 aliphatic heterocycles. The van der Waals surface area contributed by atoms with E-state index in [1.807, 2.05) is 0 Å². The Labute approximate surface area is 163 Å². The molecule has 2 heterocycles. The van der Waals surface area contributed by atoms with Crippen LogP contribution < -0.4 is 14.8 Å². The second-order valence-corrected chi connectivity index (χ2v) is 6.23. The normalized spacial score (nSPS) is 12.4. The van der Waals surface area contributed by atoms with Gasteiger partial charge >= 0.3 is 5.97 Å². The summed E-state index contributed by atoms with van der Waals surface area (Å²) in [6.07, 6.45) is 1.17. The van der Waals surface area contributed by atoms with Crippen molar-refractivity contribution in [1.82, 2.24) is 4.98 Å². The highest BCUT2D eigenvalue weighted by Gasteiger charge is 2.20. The molecular weight excluding hydrogens is 407 g/mol. The highest BCUT2D eigenvalue weighted by molar-refractivity contribution is 6.48. The molecule has 0 aliphatic carbocycles. The van der Waals surface area contributed by atoms with Gasteiger partial charge in [0, 0.05) is 18.0 Å². The SMILES string of the molecule is O=C(COC(=O)c1ncc(Cl)c(Cl)c1Cl)Nc1ccc2c(c1)OCCO2. The molecule has 1 N–H and O–H groups in total. The molecule has 0 spiro atoms. The Morgan fingerprint density at radius 1 is 1.12 bits per heavy atom. The van der Waals surface area contributed by atoms with Crippen molar-refractivity contribution in [2.75, 3.05) is 25.1 Å². The summed E-state index contributed by atoms with van der Waals surface area (Å²) in [7, 11) is 0. The van der Waals surface area contributed by atoms with Crippen molar-refractivity contribution in [3.8, 4) is 11.5 Å². The van der Waals surface area contributed by atoms with Gasteiger partial charge in [-0.3, -0.25) is 4.79 Å². The van der Waals surface area contributed by atoms with Gasteiger partial charge in [0.15, 0.2) is 23.8 Å². The molecule has 0 saturated carbocycles. The van der Waals surface area contributed by atoms with E-state index in [9.17, 15) is 9.59 Å². The molecule has 0 saturated heterocycles. The maximum absolute atomic E-state index is 12.0. The number of benzene rings is 1. The number of amides is 1. The summed E-state index contributed by atoms with van der Waals surface area (Å²) < 4.78 is 15.7. The summed E-state index contributed by atoms with van der Waals surface area (Å²) in [4.78, 5) is 27.7. The zero-order valence-electron chi connectivity index (χ0n) is 13.1. The molecule has 1 amide bonds. The van der Waals surface area contributed by atoms with Gasteiger partial charge < -0.3 is 19.5 Å². The minimum Gasteiger partial charge on any atom is -0.486 e. The zero-order valence-corrected chi connectivity index (χ0v) is 15.3. The van der Waals surface area contributed by atoms with Gasteiger partial charge in [0.1, 0.15) is 13.2 Å². The Bertz CT molecular complexity index is 875. The number of rotatable bonds is 4. The number of halogens is 3. The highest BCUT2D eigenvalue weighted by atomic mass is 35.5. The molecule has 1 aliphatic rings. The second-order valence-electron chi connectivity index (χ2n) is 5.07. The molecule has 0 fully saturated rings. The van der Waals surface area contributed by atoms with E-state index in [0.29, 0.717) is 30.4 Å². The molecule has 0 radical (unpaired) electrons. The molecule has 0 unspecified atom stereocenters. The van der Waals surface area contributed by atoms with Crippen molar-refractivity contribution in [1.29, 1.82) is 0 Å². The van der Waals surface area contributed by atoms with Crippen molar-refractivity contribution >= 4 is 52.4 Å². The van der Waals surface area contributed by atoms with Crippen LogP contribution in [0.2, 0.25) is 15.1 Å². The molecule has 1 aromatic carbocycles. The summed E-state index contributed by atoms with van der Waals surface area (Å²) in [6.45, 7) is 0.366. The van der Waals surface area contributed by atoms with Gasteiger partial charge in [0.2, 0.25) is 0 Å². The van der Waals surface area contributed by atoms with E-state index in [1.54, 1.807) is 18.2 Å². The molecular formula is C16H11Cl3N2O5. The van der Waals surface area contributed by atoms with Crippen LogP contribution in [0.3, 0.4) is 0 Å². The third-order valence-corrected chi connectivity index (χ3v) is 4.51. The number of pyridine rings is 1. The maximum Gasteiger partial charge on any atom is 0.359 e. The fourth-order valence-corrected chi connectivity index (χ4v) is 2.66. The van der Waals surface area contributed by atoms with Gasteiger partial charge in [0.05, 0.1) is 15.1 Å². The van der Waals surface area contributed by atoms with E-state index in [-0.39, 0.29) is 20.8 Å². The predicted octanol–water partition coefficient (Wildman–Crippen LogP) is 3.61. The lowest BCUT2D eigenvalue weighted by molar-refractivity contribution is -0.119. The molecule has 0 bridgehead atoms. The number of hydrogen-bond donors (Lipinski definition) is 1. The standard InChI is InChI=1S/C16H11Cl3N2O5/c17-9-6-20-15(14(19)13(9)18)16(23)26-7-12(22)21-8-1-2-10-11(5-8)25-4-3-24-10/h1-2,5-6H,3-4,7H2,(H,21,22). The van der Waals surface area contributed by atoms with Crippen molar-refractivity contribution in [3.63, 3.8) is 0 Å². The molecule has 1 aromatic heterocycles. The Kier molecular flexibility index (Phi) is 5.70. The van der Waals surface area contributed by atoms with Crippen LogP contribution in [-0.2, 0) is 9.53 Å². The van der Waals surface area contributed by atoms with E-state index < -0.39 is 18.5 Å². The first-order valence-electron chi connectivity index (χ1n) is 7.32. The van der Waals surface area contributed by atoms with E-state index in [1.165, 1.54) is 6.20 Å². The quantitative estimate of drug-likeness (QED) is 0.765. The van der Waals surface area contributed by atoms with Crippen LogP contribution in [0.15, 0.2) is 24.4 Å². The first-order chi connectivity index (χ1) is 12.5. The first-order valence-corrected chi connectivity index (χ1v) is 8.45. The largest absolute Gasteiger partial charge is 0.486 e. The number of carbonyl (C=O) groups excluding carboxylic acids is 2. The number of hydrogen-bond acceptors (Lipinski definition) is 6. The van der Waals surface area contributed by atoms with Crippen LogP contribution in [0.1, 0.15) is 10.5 Å². The molecule has 2 aromatic rings. The average molecular weight is 418 g/mol. The fraction of sp³-hybridized carbons (Fsp3) is 0.188. The predicted molar refractivity (Wildman–Crippen MR) is 95.6 cm³/mol. The van der Waals surface area contributed by atoms with Crippen LogP contribution >= 0.6 is 34.8 Å². The van der Waals surface area contributed by atoms with E-state index in [2.05, 4.69) is 10.3 Å². The molecule has 10 heteroatoms. The number of nitrogens with zero attached hydrogens (tertiary/aromatic N) is 1. The third-order valence-electron chi connectivity index (χ3n) is 3.27. The van der Waals surface area contributed by atoms with Crippen molar-refractivity contribution < 1.29 is 23.8 Å². The molecule has 3 rings (SSSR count). The van der Waals surface area contributed by atoms with E-state index >= 15 is 0 Å². The van der Waals surface area contributed by atoms with Gasteiger partial charge in [-0.05, 0) is 12.1 Å². The van der Waals surface area contributed by atoms with Crippen LogP contribution in [0.25, 0.3) is 0 Å². The number of carbonyl (C=O) groups is 2. The monoisotopic (exact) mass is 416 g/mol. The molecule has 7 nitrogen and oxygen atoms in total. The Morgan fingerprint density at radius 2 is 1.85 bits per heavy atom. The van der Waals surface area contributed by atoms with Crippen LogP contribution in [-0.4, -0.2) is 36.7 Å². The van der Waals surface area contributed by atoms with Gasteiger partial charge in [-0.1, -0.05) is 34.8 Å². The topological polar surface area (TPSA) is 86.8 Å². The molecule has 26 heavy (non-hydrogen) atoms.